The van der Waals surface area contributed by atoms with E-state index in [9.17, 15) is 22.0 Å². The summed E-state index contributed by atoms with van der Waals surface area (Å²) < 4.78 is 52.9. The Morgan fingerprint density at radius 1 is 0.943 bits per heavy atom. The normalized spacial score (nSPS) is 11.3. The van der Waals surface area contributed by atoms with Gasteiger partial charge in [0.2, 0.25) is 0 Å². The molecule has 0 atom stereocenters. The third-order valence-corrected chi connectivity index (χ3v) is 7.41. The van der Waals surface area contributed by atoms with Crippen LogP contribution in [0.25, 0.3) is 0 Å². The molecule has 3 N–H and O–H groups in total. The number of carbonyl (C=O) groups is 1. The van der Waals surface area contributed by atoms with E-state index in [4.69, 9.17) is 47.0 Å². The molecule has 0 radical (unpaired) electrons. The van der Waals surface area contributed by atoms with Crippen molar-refractivity contribution in [2.75, 3.05) is 10.0 Å². The summed E-state index contributed by atoms with van der Waals surface area (Å²) in [7, 11) is -4.06. The molecule has 0 aromatic heterocycles. The van der Waals surface area contributed by atoms with Crippen LogP contribution in [-0.4, -0.2) is 25.2 Å². The molecule has 1 amide bonds. The third-order valence-electron chi connectivity index (χ3n) is 4.23. The summed E-state index contributed by atoms with van der Waals surface area (Å²) in [5, 5.41) is 5.56. The zero-order chi connectivity index (χ0) is 25.8. The van der Waals surface area contributed by atoms with Gasteiger partial charge in [0.1, 0.15) is 0 Å². The van der Waals surface area contributed by atoms with Gasteiger partial charge < -0.3 is 5.32 Å². The molecule has 0 aliphatic carbocycles. The van der Waals surface area contributed by atoms with E-state index in [2.05, 4.69) is 15.4 Å². The van der Waals surface area contributed by atoms with E-state index in [-0.39, 0.29) is 41.9 Å². The molecule has 6 nitrogen and oxygen atoms in total. The lowest BCUT2D eigenvalue weighted by atomic mass is 10.2. The van der Waals surface area contributed by atoms with Gasteiger partial charge in [0, 0.05) is 15.6 Å². The molecule has 0 aliphatic rings. The lowest BCUT2D eigenvalue weighted by Crippen LogP contribution is -2.34. The molecule has 0 saturated heterocycles. The number of benzene rings is 3. The second kappa shape index (κ2) is 11.7. The minimum absolute atomic E-state index is 0.116. The van der Waals surface area contributed by atoms with E-state index in [1.54, 1.807) is 0 Å². The zero-order valence-corrected chi connectivity index (χ0v) is 21.9. The zero-order valence-electron chi connectivity index (χ0n) is 17.2. The van der Waals surface area contributed by atoms with Gasteiger partial charge in [0.15, 0.2) is 5.11 Å². The second-order valence-electron chi connectivity index (χ2n) is 6.68. The van der Waals surface area contributed by atoms with Gasteiger partial charge in [-0.05, 0) is 72.9 Å². The molecule has 0 heterocycles. The lowest BCUT2D eigenvalue weighted by molar-refractivity contribution is 0.0978. The SMILES string of the molecule is O=C(NC(=S)Nc1cc(S(=O)(=O)Nc2ccc(SC(F)F)cc2)ccc1Cl)c1ccc(Cl)cc1Cl. The predicted molar refractivity (Wildman–Crippen MR) is 141 cm³/mol. The quantitative estimate of drug-likeness (QED) is 0.203. The molecular weight excluding hydrogens is 583 g/mol. The van der Waals surface area contributed by atoms with Crippen molar-refractivity contribution < 1.29 is 22.0 Å². The summed E-state index contributed by atoms with van der Waals surface area (Å²) in [5.74, 6) is -3.20. The molecule has 0 fully saturated rings. The van der Waals surface area contributed by atoms with Crippen LogP contribution in [0.4, 0.5) is 20.2 Å². The first kappa shape index (κ1) is 27.4. The molecule has 3 rings (SSSR count). The number of thiocarbonyl (C=S) groups is 1. The number of rotatable bonds is 7. The van der Waals surface area contributed by atoms with Crippen LogP contribution in [0.2, 0.25) is 15.1 Å². The minimum atomic E-state index is -4.06. The highest BCUT2D eigenvalue weighted by molar-refractivity contribution is 7.99. The Hall–Kier alpha value is -2.15. The Morgan fingerprint density at radius 3 is 2.26 bits per heavy atom. The molecule has 14 heteroatoms. The van der Waals surface area contributed by atoms with Crippen LogP contribution in [0.5, 0.6) is 0 Å². The van der Waals surface area contributed by atoms with E-state index in [0.29, 0.717) is 16.8 Å². The van der Waals surface area contributed by atoms with Crippen LogP contribution in [0, 0.1) is 0 Å². The van der Waals surface area contributed by atoms with Crippen molar-refractivity contribution in [2.24, 2.45) is 0 Å². The standard InChI is InChI=1S/C21H14Cl3F2N3O3S3/c22-11-1-7-15(17(24)9-11)19(30)28-21(33)27-18-10-14(6-8-16(18)23)35(31,32)29-12-2-4-13(5-3-12)34-20(25)26/h1-10,20,29H,(H2,27,28,30,33). The van der Waals surface area contributed by atoms with Crippen molar-refractivity contribution in [2.45, 2.75) is 15.5 Å². The number of hydrogen-bond donors (Lipinski definition) is 3. The molecule has 184 valence electrons. The molecule has 3 aromatic rings. The van der Waals surface area contributed by atoms with Gasteiger partial charge in [-0.1, -0.05) is 46.6 Å². The number of sulfonamides is 1. The monoisotopic (exact) mass is 595 g/mol. The maximum atomic E-state index is 12.8. The summed E-state index contributed by atoms with van der Waals surface area (Å²) in [6.07, 6.45) is 0. The average Bonchev–Trinajstić information content (AvgIpc) is 2.75. The lowest BCUT2D eigenvalue weighted by Gasteiger charge is -2.14. The van der Waals surface area contributed by atoms with Gasteiger partial charge >= 0.3 is 0 Å². The second-order valence-corrected chi connectivity index (χ2v) is 11.1. The minimum Gasteiger partial charge on any atom is -0.331 e. The van der Waals surface area contributed by atoms with Crippen molar-refractivity contribution in [3.05, 3.63) is 81.3 Å². The smallest absolute Gasteiger partial charge is 0.288 e. The van der Waals surface area contributed by atoms with Crippen LogP contribution >= 0.6 is 58.8 Å². The summed E-state index contributed by atoms with van der Waals surface area (Å²) in [6, 6.07) is 13.6. The predicted octanol–water partition coefficient (Wildman–Crippen LogP) is 6.89. The number of anilines is 2. The highest BCUT2D eigenvalue weighted by Crippen LogP contribution is 2.29. The summed E-state index contributed by atoms with van der Waals surface area (Å²) in [4.78, 5) is 12.6. The number of hydrogen-bond acceptors (Lipinski definition) is 5. The first-order chi connectivity index (χ1) is 16.4. The largest absolute Gasteiger partial charge is 0.331 e. The van der Waals surface area contributed by atoms with Crippen LogP contribution in [0.15, 0.2) is 70.5 Å². The summed E-state index contributed by atoms with van der Waals surface area (Å²) in [5.41, 5.74) is 0.422. The average molecular weight is 597 g/mol. The van der Waals surface area contributed by atoms with Crippen molar-refractivity contribution in [3.8, 4) is 0 Å². The number of carbonyl (C=O) groups excluding carboxylic acids is 1. The van der Waals surface area contributed by atoms with Crippen molar-refractivity contribution in [1.82, 2.24) is 5.32 Å². The van der Waals surface area contributed by atoms with E-state index < -0.39 is 21.7 Å². The van der Waals surface area contributed by atoms with Gasteiger partial charge in [-0.25, -0.2) is 8.42 Å². The van der Waals surface area contributed by atoms with Gasteiger partial charge in [-0.15, -0.1) is 0 Å². The van der Waals surface area contributed by atoms with Gasteiger partial charge in [0.25, 0.3) is 21.7 Å². The fraction of sp³-hybridized carbons (Fsp3) is 0.0476. The maximum Gasteiger partial charge on any atom is 0.288 e. The molecule has 0 saturated carbocycles. The molecule has 0 spiro atoms. The summed E-state index contributed by atoms with van der Waals surface area (Å²) in [6.45, 7) is 0. The van der Waals surface area contributed by atoms with Crippen LogP contribution in [0.3, 0.4) is 0 Å². The number of halogens is 5. The van der Waals surface area contributed by atoms with Crippen molar-refractivity contribution in [3.63, 3.8) is 0 Å². The highest BCUT2D eigenvalue weighted by atomic mass is 35.5. The molecule has 0 bridgehead atoms. The van der Waals surface area contributed by atoms with Crippen LogP contribution in [-0.2, 0) is 10.0 Å². The van der Waals surface area contributed by atoms with Gasteiger partial charge in [-0.3, -0.25) is 14.8 Å². The van der Waals surface area contributed by atoms with E-state index in [1.165, 1.54) is 60.7 Å². The molecular formula is C21H14Cl3F2N3O3S3. The topological polar surface area (TPSA) is 87.3 Å². The van der Waals surface area contributed by atoms with Crippen LogP contribution < -0.4 is 15.4 Å². The van der Waals surface area contributed by atoms with Crippen molar-refractivity contribution in [1.29, 1.82) is 0 Å². The highest BCUT2D eigenvalue weighted by Gasteiger charge is 2.18. The Labute approximate surface area is 224 Å². The Kier molecular flexibility index (Phi) is 9.19. The van der Waals surface area contributed by atoms with Crippen LogP contribution in [0.1, 0.15) is 10.4 Å². The molecule has 0 unspecified atom stereocenters. The first-order valence-corrected chi connectivity index (χ1v) is 13.3. The first-order valence-electron chi connectivity index (χ1n) is 9.39. The van der Waals surface area contributed by atoms with Gasteiger partial charge in [-0.2, -0.15) is 8.78 Å². The number of alkyl halides is 2. The maximum absolute atomic E-state index is 12.8. The number of nitrogens with one attached hydrogen (secondary N) is 3. The third kappa shape index (κ3) is 7.66. The number of amides is 1. The Balaban J connectivity index is 1.72. The Morgan fingerprint density at radius 2 is 1.63 bits per heavy atom. The Bertz CT molecular complexity index is 1380. The fourth-order valence-corrected chi connectivity index (χ4v) is 5.13. The molecule has 3 aromatic carbocycles. The van der Waals surface area contributed by atoms with Crippen molar-refractivity contribution >= 4 is 91.2 Å². The molecule has 0 aliphatic heterocycles. The van der Waals surface area contributed by atoms with Gasteiger partial charge in [0.05, 0.1) is 26.2 Å². The van der Waals surface area contributed by atoms with E-state index >= 15 is 0 Å². The molecule has 35 heavy (non-hydrogen) atoms. The fourth-order valence-electron chi connectivity index (χ4n) is 2.68. The number of thioether (sulfide) groups is 1. The summed E-state index contributed by atoms with van der Waals surface area (Å²) >= 11 is 23.5. The van der Waals surface area contributed by atoms with E-state index in [1.807, 2.05) is 0 Å². The van der Waals surface area contributed by atoms with E-state index in [0.717, 1.165) is 0 Å².